The molecule has 0 aliphatic carbocycles. The van der Waals surface area contributed by atoms with Crippen molar-refractivity contribution < 1.29 is 4.74 Å². The van der Waals surface area contributed by atoms with Crippen molar-refractivity contribution in [2.24, 2.45) is 0 Å². The molecule has 2 aliphatic rings. The van der Waals surface area contributed by atoms with Crippen molar-refractivity contribution in [1.29, 1.82) is 0 Å². The minimum Gasteiger partial charge on any atom is -0.378 e. The van der Waals surface area contributed by atoms with Gasteiger partial charge >= 0.3 is 0 Å². The number of rotatable bonds is 5. The molecule has 0 bridgehead atoms. The SMILES string of the molecule is S=C(NCc1ccccc1Cl)Nc1nc(N2CCOCC2)cc(N2CCc3ccccc3C2)n1. The van der Waals surface area contributed by atoms with Gasteiger partial charge in [0, 0.05) is 43.8 Å². The summed E-state index contributed by atoms with van der Waals surface area (Å²) in [6, 6.07) is 18.4. The lowest BCUT2D eigenvalue weighted by Crippen LogP contribution is -2.38. The van der Waals surface area contributed by atoms with Gasteiger partial charge in [-0.1, -0.05) is 54.1 Å². The quantitative estimate of drug-likeness (QED) is 0.516. The van der Waals surface area contributed by atoms with Crippen LogP contribution in [0.15, 0.2) is 54.6 Å². The maximum Gasteiger partial charge on any atom is 0.232 e. The van der Waals surface area contributed by atoms with E-state index < -0.39 is 0 Å². The van der Waals surface area contributed by atoms with Gasteiger partial charge in [0.1, 0.15) is 11.6 Å². The van der Waals surface area contributed by atoms with E-state index >= 15 is 0 Å². The number of thiocarbonyl (C=S) groups is 1. The predicted molar refractivity (Wildman–Crippen MR) is 141 cm³/mol. The molecule has 1 fully saturated rings. The highest BCUT2D eigenvalue weighted by atomic mass is 35.5. The van der Waals surface area contributed by atoms with Crippen molar-refractivity contribution in [3.8, 4) is 0 Å². The summed E-state index contributed by atoms with van der Waals surface area (Å²) in [5.74, 6) is 2.25. The average molecular weight is 495 g/mol. The second-order valence-electron chi connectivity index (χ2n) is 8.35. The largest absolute Gasteiger partial charge is 0.378 e. The third-order valence-corrected chi connectivity index (χ3v) is 6.73. The fourth-order valence-electron chi connectivity index (χ4n) is 4.25. The molecule has 0 unspecified atom stereocenters. The van der Waals surface area contributed by atoms with Crippen LogP contribution in [-0.4, -0.2) is 47.9 Å². The maximum atomic E-state index is 6.27. The first-order chi connectivity index (χ1) is 16.7. The van der Waals surface area contributed by atoms with Crippen LogP contribution in [0, 0.1) is 0 Å². The Morgan fingerprint density at radius 3 is 2.44 bits per heavy atom. The highest BCUT2D eigenvalue weighted by Gasteiger charge is 2.21. The third-order valence-electron chi connectivity index (χ3n) is 6.11. The van der Waals surface area contributed by atoms with Gasteiger partial charge in [-0.25, -0.2) is 0 Å². The molecule has 2 N–H and O–H groups in total. The van der Waals surface area contributed by atoms with Crippen LogP contribution in [0.4, 0.5) is 17.6 Å². The summed E-state index contributed by atoms with van der Waals surface area (Å²) < 4.78 is 5.53. The smallest absolute Gasteiger partial charge is 0.232 e. The number of fused-ring (bicyclic) bond motifs is 1. The number of nitrogens with one attached hydrogen (secondary N) is 2. The van der Waals surface area contributed by atoms with Crippen LogP contribution in [0.5, 0.6) is 0 Å². The van der Waals surface area contributed by atoms with E-state index in [9.17, 15) is 0 Å². The van der Waals surface area contributed by atoms with Gasteiger partial charge in [-0.2, -0.15) is 9.97 Å². The first-order valence-corrected chi connectivity index (χ1v) is 12.3. The Hall–Kier alpha value is -2.94. The zero-order valence-electron chi connectivity index (χ0n) is 18.8. The minimum atomic E-state index is 0.453. The van der Waals surface area contributed by atoms with Crippen LogP contribution in [-0.2, 0) is 24.2 Å². The van der Waals surface area contributed by atoms with E-state index in [-0.39, 0.29) is 0 Å². The Morgan fingerprint density at radius 2 is 1.65 bits per heavy atom. The summed E-state index contributed by atoms with van der Waals surface area (Å²) in [6.07, 6.45) is 0.994. The molecule has 0 atom stereocenters. The lowest BCUT2D eigenvalue weighted by molar-refractivity contribution is 0.122. The van der Waals surface area contributed by atoms with Crippen LogP contribution >= 0.6 is 23.8 Å². The van der Waals surface area contributed by atoms with Gasteiger partial charge < -0.3 is 25.2 Å². The molecule has 3 heterocycles. The van der Waals surface area contributed by atoms with Crippen molar-refractivity contribution in [2.45, 2.75) is 19.5 Å². The molecule has 2 aliphatic heterocycles. The number of benzene rings is 2. The molecule has 5 rings (SSSR count). The Bertz CT molecular complexity index is 1170. The minimum absolute atomic E-state index is 0.453. The van der Waals surface area contributed by atoms with Crippen molar-refractivity contribution in [2.75, 3.05) is 48.0 Å². The fraction of sp³-hybridized carbons (Fsp3) is 0.320. The van der Waals surface area contributed by atoms with E-state index in [4.69, 9.17) is 38.5 Å². The number of anilines is 3. The van der Waals surface area contributed by atoms with E-state index in [1.807, 2.05) is 24.3 Å². The molecule has 0 radical (unpaired) electrons. The van der Waals surface area contributed by atoms with Gasteiger partial charge in [-0.3, -0.25) is 0 Å². The molecule has 0 amide bonds. The molecule has 34 heavy (non-hydrogen) atoms. The average Bonchev–Trinajstić information content (AvgIpc) is 2.88. The summed E-state index contributed by atoms with van der Waals surface area (Å²) in [5.41, 5.74) is 3.72. The number of ether oxygens (including phenoxy) is 1. The molecule has 3 aromatic rings. The zero-order valence-corrected chi connectivity index (χ0v) is 20.4. The van der Waals surface area contributed by atoms with Crippen LogP contribution in [0.1, 0.15) is 16.7 Å². The lowest BCUT2D eigenvalue weighted by Gasteiger charge is -2.32. The maximum absolute atomic E-state index is 6.27. The van der Waals surface area contributed by atoms with Gasteiger partial charge in [0.25, 0.3) is 0 Å². The Balaban J connectivity index is 1.35. The van der Waals surface area contributed by atoms with Crippen LogP contribution < -0.4 is 20.4 Å². The highest BCUT2D eigenvalue weighted by molar-refractivity contribution is 7.80. The molecule has 1 aromatic heterocycles. The van der Waals surface area contributed by atoms with Gasteiger partial charge in [0.15, 0.2) is 5.11 Å². The summed E-state index contributed by atoms with van der Waals surface area (Å²) >= 11 is 11.8. The molecule has 0 spiro atoms. The summed E-state index contributed by atoms with van der Waals surface area (Å²) in [5, 5.41) is 7.55. The zero-order chi connectivity index (χ0) is 23.3. The number of hydrogen-bond acceptors (Lipinski definition) is 6. The van der Waals surface area contributed by atoms with E-state index in [1.54, 1.807) is 0 Å². The number of halogens is 1. The third kappa shape index (κ3) is 5.41. The first kappa shape index (κ1) is 22.8. The number of morpholine rings is 1. The molecular formula is C25H27ClN6OS. The highest BCUT2D eigenvalue weighted by Crippen LogP contribution is 2.27. The Kier molecular flexibility index (Phi) is 7.08. The standard InChI is InChI=1S/C25H27ClN6OS/c26-21-8-4-3-6-19(21)16-27-25(34)30-24-28-22(31-11-13-33-14-12-31)15-23(29-24)32-10-9-18-5-1-2-7-20(18)17-32/h1-8,15H,9-14,16-17H2,(H2,27,28,29,30,34). The van der Waals surface area contributed by atoms with Gasteiger partial charge in [0.2, 0.25) is 5.95 Å². The molecule has 2 aromatic carbocycles. The molecule has 7 nitrogen and oxygen atoms in total. The Labute approximate surface area is 210 Å². The van der Waals surface area contributed by atoms with E-state index in [0.717, 1.165) is 49.8 Å². The van der Waals surface area contributed by atoms with Crippen molar-refractivity contribution in [1.82, 2.24) is 15.3 Å². The molecular weight excluding hydrogens is 468 g/mol. The van der Waals surface area contributed by atoms with Crippen LogP contribution in [0.3, 0.4) is 0 Å². The second kappa shape index (κ2) is 10.5. The normalized spacial score (nSPS) is 15.6. The van der Waals surface area contributed by atoms with E-state index in [0.29, 0.717) is 35.8 Å². The van der Waals surface area contributed by atoms with Crippen molar-refractivity contribution in [3.63, 3.8) is 0 Å². The molecule has 1 saturated heterocycles. The number of nitrogens with zero attached hydrogens (tertiary/aromatic N) is 4. The monoisotopic (exact) mass is 494 g/mol. The molecule has 176 valence electrons. The summed E-state index contributed by atoms with van der Waals surface area (Å²) in [6.45, 7) is 5.23. The van der Waals surface area contributed by atoms with Gasteiger partial charge in [-0.05, 0) is 41.4 Å². The summed E-state index contributed by atoms with van der Waals surface area (Å²) in [7, 11) is 0. The van der Waals surface area contributed by atoms with Gasteiger partial charge in [0.05, 0.1) is 13.2 Å². The molecule has 0 saturated carbocycles. The summed E-state index contributed by atoms with van der Waals surface area (Å²) in [4.78, 5) is 14.1. The topological polar surface area (TPSA) is 65.6 Å². The van der Waals surface area contributed by atoms with E-state index in [2.05, 4.69) is 50.8 Å². The Morgan fingerprint density at radius 1 is 0.941 bits per heavy atom. The van der Waals surface area contributed by atoms with Crippen molar-refractivity contribution in [3.05, 3.63) is 76.3 Å². The number of hydrogen-bond donors (Lipinski definition) is 2. The van der Waals surface area contributed by atoms with Gasteiger partial charge in [-0.15, -0.1) is 0 Å². The van der Waals surface area contributed by atoms with Crippen LogP contribution in [0.25, 0.3) is 0 Å². The predicted octanol–water partition coefficient (Wildman–Crippen LogP) is 4.02. The fourth-order valence-corrected chi connectivity index (χ4v) is 4.61. The number of aromatic nitrogens is 2. The van der Waals surface area contributed by atoms with Crippen LogP contribution in [0.2, 0.25) is 5.02 Å². The molecule has 9 heteroatoms. The lowest BCUT2D eigenvalue weighted by atomic mass is 10.00. The first-order valence-electron chi connectivity index (χ1n) is 11.5. The van der Waals surface area contributed by atoms with Crippen molar-refractivity contribution >= 4 is 46.5 Å². The second-order valence-corrected chi connectivity index (χ2v) is 9.16. The van der Waals surface area contributed by atoms with E-state index in [1.165, 1.54) is 11.1 Å².